The third kappa shape index (κ3) is 6.35. The van der Waals surface area contributed by atoms with E-state index in [1.807, 2.05) is 19.9 Å². The normalized spacial score (nSPS) is 10.9. The molecule has 0 bridgehead atoms. The third-order valence-electron chi connectivity index (χ3n) is 5.10. The van der Waals surface area contributed by atoms with Crippen LogP contribution >= 0.6 is 0 Å². The molecule has 2 amide bonds. The molecule has 0 aliphatic heterocycles. The topological polar surface area (TPSA) is 140 Å². The van der Waals surface area contributed by atoms with Crippen molar-refractivity contribution in [2.24, 2.45) is 5.10 Å². The summed E-state index contributed by atoms with van der Waals surface area (Å²) in [5.74, 6) is -2.49. The average Bonchev–Trinajstić information content (AvgIpc) is 2.84. The van der Waals surface area contributed by atoms with Gasteiger partial charge in [-0.05, 0) is 79.9 Å². The Morgan fingerprint density at radius 3 is 2.26 bits per heavy atom. The van der Waals surface area contributed by atoms with E-state index in [0.29, 0.717) is 17.0 Å². The summed E-state index contributed by atoms with van der Waals surface area (Å²) in [5, 5.41) is 17.5. The predicted molar refractivity (Wildman–Crippen MR) is 129 cm³/mol. The molecule has 0 aromatic heterocycles. The zero-order valence-corrected chi connectivity index (χ0v) is 19.2. The second-order valence-electron chi connectivity index (χ2n) is 7.58. The second-order valence-corrected chi connectivity index (χ2v) is 7.58. The van der Waals surface area contributed by atoms with E-state index in [9.17, 15) is 24.5 Å². The number of nitrogens with one attached hydrogen (secondary N) is 2. The first-order chi connectivity index (χ1) is 16.7. The number of nitro benzene ring substituents is 1. The summed E-state index contributed by atoms with van der Waals surface area (Å²) in [5.41, 5.74) is 5.21. The smallest absolute Gasteiger partial charge is 0.350 e. The van der Waals surface area contributed by atoms with Crippen LogP contribution in [0.3, 0.4) is 0 Å². The van der Waals surface area contributed by atoms with Crippen LogP contribution in [0, 0.1) is 24.0 Å². The first-order valence-corrected chi connectivity index (χ1v) is 10.4. The lowest BCUT2D eigenvalue weighted by Crippen LogP contribution is -2.33. The van der Waals surface area contributed by atoms with Crippen LogP contribution < -0.4 is 15.5 Å². The Kier molecular flexibility index (Phi) is 7.67. The minimum atomic E-state index is -0.933. The molecule has 10 heteroatoms. The maximum atomic E-state index is 12.3. The molecule has 0 radical (unpaired) electrons. The van der Waals surface area contributed by atoms with Crippen molar-refractivity contribution < 1.29 is 24.0 Å². The van der Waals surface area contributed by atoms with E-state index in [1.165, 1.54) is 36.4 Å². The van der Waals surface area contributed by atoms with Crippen molar-refractivity contribution in [2.45, 2.75) is 20.8 Å². The molecular formula is C25H22N4O6. The van der Waals surface area contributed by atoms with Crippen molar-refractivity contribution >= 4 is 34.9 Å². The number of nitro groups is 1. The summed E-state index contributed by atoms with van der Waals surface area (Å²) in [7, 11) is 0. The number of hydrogen-bond acceptors (Lipinski definition) is 7. The lowest BCUT2D eigenvalue weighted by Gasteiger charge is -2.08. The first kappa shape index (κ1) is 24.8. The van der Waals surface area contributed by atoms with Gasteiger partial charge in [-0.3, -0.25) is 19.7 Å². The lowest BCUT2D eigenvalue weighted by atomic mass is 10.1. The van der Waals surface area contributed by atoms with Crippen LogP contribution in [-0.4, -0.2) is 28.4 Å². The molecular weight excluding hydrogens is 452 g/mol. The Labute approximate surface area is 200 Å². The number of nitrogens with zero attached hydrogens (tertiary/aromatic N) is 2. The van der Waals surface area contributed by atoms with Gasteiger partial charge < -0.3 is 10.1 Å². The molecule has 0 saturated heterocycles. The number of aryl methyl sites for hydroxylation is 2. The van der Waals surface area contributed by atoms with Crippen molar-refractivity contribution in [3.63, 3.8) is 0 Å². The maximum Gasteiger partial charge on any atom is 0.350 e. The summed E-state index contributed by atoms with van der Waals surface area (Å²) in [6, 6.07) is 16.9. The molecule has 0 aliphatic rings. The second kappa shape index (κ2) is 10.8. The fourth-order valence-electron chi connectivity index (χ4n) is 2.99. The van der Waals surface area contributed by atoms with Crippen molar-refractivity contribution in [3.05, 3.63) is 99.1 Å². The number of esters is 1. The first-order valence-electron chi connectivity index (χ1n) is 10.4. The highest BCUT2D eigenvalue weighted by Crippen LogP contribution is 2.21. The molecule has 0 spiro atoms. The van der Waals surface area contributed by atoms with Gasteiger partial charge in [0.1, 0.15) is 11.3 Å². The molecule has 3 rings (SSSR count). The number of anilines is 1. The summed E-state index contributed by atoms with van der Waals surface area (Å²) in [6.07, 6.45) is 0. The molecule has 0 aliphatic carbocycles. The van der Waals surface area contributed by atoms with Crippen molar-refractivity contribution in [3.8, 4) is 5.75 Å². The van der Waals surface area contributed by atoms with Gasteiger partial charge in [0.05, 0.1) is 10.6 Å². The Bertz CT molecular complexity index is 1330. The zero-order chi connectivity index (χ0) is 25.5. The average molecular weight is 474 g/mol. The van der Waals surface area contributed by atoms with Gasteiger partial charge in [-0.25, -0.2) is 10.2 Å². The number of hydrazone groups is 1. The van der Waals surface area contributed by atoms with Gasteiger partial charge in [0.2, 0.25) is 0 Å². The molecule has 0 unspecified atom stereocenters. The molecule has 10 nitrogen and oxygen atoms in total. The van der Waals surface area contributed by atoms with E-state index < -0.39 is 22.7 Å². The highest BCUT2D eigenvalue weighted by atomic mass is 16.6. The van der Waals surface area contributed by atoms with Crippen molar-refractivity contribution in [2.75, 3.05) is 5.32 Å². The lowest BCUT2D eigenvalue weighted by molar-refractivity contribution is -0.385. The van der Waals surface area contributed by atoms with Crippen molar-refractivity contribution in [1.82, 2.24) is 5.43 Å². The summed E-state index contributed by atoms with van der Waals surface area (Å²) < 4.78 is 5.22. The minimum absolute atomic E-state index is 0.166. The van der Waals surface area contributed by atoms with E-state index in [0.717, 1.165) is 11.1 Å². The highest BCUT2D eigenvalue weighted by Gasteiger charge is 2.21. The number of hydrogen-bond donors (Lipinski definition) is 2. The van der Waals surface area contributed by atoms with E-state index in [-0.39, 0.29) is 17.0 Å². The monoisotopic (exact) mass is 474 g/mol. The Morgan fingerprint density at radius 2 is 1.60 bits per heavy atom. The Hall–Kier alpha value is -4.86. The van der Waals surface area contributed by atoms with E-state index in [1.54, 1.807) is 31.2 Å². The number of ether oxygens (including phenoxy) is 1. The Morgan fingerprint density at radius 1 is 0.914 bits per heavy atom. The molecule has 2 N–H and O–H groups in total. The predicted octanol–water partition coefficient (Wildman–Crippen LogP) is 3.91. The number of benzene rings is 3. The molecule has 3 aromatic carbocycles. The van der Waals surface area contributed by atoms with Gasteiger partial charge in [0.25, 0.3) is 5.69 Å². The summed E-state index contributed by atoms with van der Waals surface area (Å²) in [6.45, 7) is 5.46. The van der Waals surface area contributed by atoms with Gasteiger partial charge in [-0.1, -0.05) is 18.2 Å². The third-order valence-corrected chi connectivity index (χ3v) is 5.10. The maximum absolute atomic E-state index is 12.3. The molecule has 0 saturated carbocycles. The number of carbonyl (C=O) groups excluding carboxylic acids is 3. The number of para-hydroxylation sites is 1. The molecule has 3 aromatic rings. The van der Waals surface area contributed by atoms with Crippen LogP contribution in [0.25, 0.3) is 0 Å². The van der Waals surface area contributed by atoms with Crippen LogP contribution in [0.1, 0.15) is 34.0 Å². The standard InChI is InChI=1S/C25H22N4O6/c1-15-8-11-19(14-16(15)2)26-23(30)24(31)28-27-17(3)18-9-12-20(13-10-18)35-25(32)21-6-4-5-7-22(21)29(33)34/h4-14H,1-3H3,(H,26,30)(H,28,31)/b27-17+. The number of rotatable bonds is 6. The molecule has 35 heavy (non-hydrogen) atoms. The van der Waals surface area contributed by atoms with Gasteiger partial charge in [-0.2, -0.15) is 5.10 Å². The molecule has 0 fully saturated rings. The van der Waals surface area contributed by atoms with Gasteiger partial charge in [0.15, 0.2) is 0 Å². The molecule has 0 heterocycles. The van der Waals surface area contributed by atoms with E-state index >= 15 is 0 Å². The summed E-state index contributed by atoms with van der Waals surface area (Å²) >= 11 is 0. The fraction of sp³-hybridized carbons (Fsp3) is 0.120. The quantitative estimate of drug-likeness (QED) is 0.139. The fourth-order valence-corrected chi connectivity index (χ4v) is 2.99. The van der Waals surface area contributed by atoms with Gasteiger partial charge >= 0.3 is 17.8 Å². The van der Waals surface area contributed by atoms with E-state index in [2.05, 4.69) is 15.8 Å². The van der Waals surface area contributed by atoms with Gasteiger partial charge in [0, 0.05) is 11.8 Å². The minimum Gasteiger partial charge on any atom is -0.423 e. The van der Waals surface area contributed by atoms with Crippen LogP contribution in [0.5, 0.6) is 5.75 Å². The highest BCUT2D eigenvalue weighted by molar-refractivity contribution is 6.39. The van der Waals surface area contributed by atoms with E-state index in [4.69, 9.17) is 4.74 Å². The van der Waals surface area contributed by atoms with Crippen LogP contribution in [0.4, 0.5) is 11.4 Å². The van der Waals surface area contributed by atoms with Gasteiger partial charge in [-0.15, -0.1) is 0 Å². The Balaban J connectivity index is 1.60. The molecule has 0 atom stereocenters. The largest absolute Gasteiger partial charge is 0.423 e. The SMILES string of the molecule is C/C(=N\NC(=O)C(=O)Nc1ccc(C)c(C)c1)c1ccc(OC(=O)c2ccccc2[N+](=O)[O-])cc1. The van der Waals surface area contributed by atoms with Crippen LogP contribution in [0.2, 0.25) is 0 Å². The van der Waals surface area contributed by atoms with Crippen LogP contribution in [-0.2, 0) is 9.59 Å². The van der Waals surface area contributed by atoms with Crippen LogP contribution in [0.15, 0.2) is 71.8 Å². The summed E-state index contributed by atoms with van der Waals surface area (Å²) in [4.78, 5) is 47.0. The number of amides is 2. The zero-order valence-electron chi connectivity index (χ0n) is 19.2. The molecule has 178 valence electrons. The van der Waals surface area contributed by atoms with Crippen molar-refractivity contribution in [1.29, 1.82) is 0 Å². The number of carbonyl (C=O) groups is 3.